The SMILES string of the molecule is CC[C@H](C)[C@@H](C(CC(=O)N1CCC[C@H]1[C@H](OC)[C@@H](C)C(=O)N[C@H](C)[C@@H](O)c1ccccc1)OC)N(C)C(=O)[C@@H](NC(=O)[C@H](C(C)C)N(C)C(=O)OCc1ccc(NC(=O)[C@H](CCCNC(N)=O)NC(=O)[C@@H](NC(=O)CCOCCOCCOCCOCCOCCOCCOCCOCCOCCOCCOCCOCCN=[N+]=[N-])C(C)C)cc1)C(C)C. The van der Waals surface area contributed by atoms with Crippen molar-refractivity contribution in [2.75, 3.05) is 212 Å². The van der Waals surface area contributed by atoms with Gasteiger partial charge >= 0.3 is 12.1 Å². The Morgan fingerprint density at radius 1 is 0.577 bits per heavy atom. The molecular formula is C85H145N13O25. The number of carbonyl (C=O) groups is 9. The number of nitrogens with one attached hydrogen (secondary N) is 6. The van der Waals surface area contributed by atoms with Crippen LogP contribution in [0.5, 0.6) is 0 Å². The van der Waals surface area contributed by atoms with E-state index in [1.807, 2.05) is 32.0 Å². The van der Waals surface area contributed by atoms with Crippen molar-refractivity contribution < 1.29 is 119 Å². The molecule has 1 aliphatic rings. The third kappa shape index (κ3) is 44.6. The summed E-state index contributed by atoms with van der Waals surface area (Å²) in [6, 6.07) is 8.68. The summed E-state index contributed by atoms with van der Waals surface area (Å²) in [5, 5.41) is 31.1. The number of aliphatic hydroxyl groups excluding tert-OH is 1. The van der Waals surface area contributed by atoms with Gasteiger partial charge in [0.05, 0.1) is 207 Å². The van der Waals surface area contributed by atoms with Crippen molar-refractivity contribution in [3.8, 4) is 0 Å². The molecule has 0 spiro atoms. The maximum absolute atomic E-state index is 14.9. The topological polar surface area (TPSA) is 469 Å². The van der Waals surface area contributed by atoms with Gasteiger partial charge in [0.1, 0.15) is 30.8 Å². The number of primary amides is 1. The number of carbonyl (C=O) groups excluding carboxylic acids is 9. The van der Waals surface area contributed by atoms with E-state index in [-0.39, 0.29) is 76.4 Å². The number of nitrogens with zero attached hydrogens (tertiary/aromatic N) is 6. The predicted molar refractivity (Wildman–Crippen MR) is 458 cm³/mol. The number of methoxy groups -OCH3 is 2. The first-order valence-electron chi connectivity index (χ1n) is 43.0. The number of hydrogen-bond acceptors (Lipinski definition) is 26. The highest BCUT2D eigenvalue weighted by Crippen LogP contribution is 2.31. The molecule has 0 aromatic heterocycles. The molecule has 12 atom stereocenters. The Hall–Kier alpha value is -8.02. The van der Waals surface area contributed by atoms with Crippen molar-refractivity contribution >= 4 is 59.2 Å². The van der Waals surface area contributed by atoms with Crippen LogP contribution in [0, 0.1) is 29.6 Å². The van der Waals surface area contributed by atoms with Crippen LogP contribution < -0.4 is 37.6 Å². The molecule has 9 N–H and O–H groups in total. The number of ether oxygens (including phenoxy) is 15. The zero-order valence-electron chi connectivity index (χ0n) is 75.1. The third-order valence-electron chi connectivity index (χ3n) is 20.5. The number of anilines is 1. The fourth-order valence-corrected chi connectivity index (χ4v) is 13.5. The third-order valence-corrected chi connectivity index (χ3v) is 20.5. The van der Waals surface area contributed by atoms with Crippen LogP contribution in [0.15, 0.2) is 59.7 Å². The van der Waals surface area contributed by atoms with Gasteiger partial charge in [-0.15, -0.1) is 0 Å². The number of azide groups is 1. The van der Waals surface area contributed by atoms with Gasteiger partial charge in [0.25, 0.3) is 0 Å². The summed E-state index contributed by atoms with van der Waals surface area (Å²) in [4.78, 5) is 131. The second-order valence-corrected chi connectivity index (χ2v) is 30.8. The van der Waals surface area contributed by atoms with Crippen molar-refractivity contribution in [1.82, 2.24) is 41.3 Å². The zero-order valence-corrected chi connectivity index (χ0v) is 75.1. The lowest BCUT2D eigenvalue weighted by atomic mass is 9.89. The summed E-state index contributed by atoms with van der Waals surface area (Å²) in [6.07, 6.45) is -1.19. The standard InChI is InChI=1S/C85H145N13O25/c1-15-62(8)76(70(109-13)57-72(100)98-32-20-24-69(98)78(110-14)63(9)79(102)90-64(10)77(101)66-21-17-16-18-22-66)96(11)83(106)74(60(4)5)94-82(105)75(61(6)7)97(12)85(108)123-58-65-25-27-67(28-26-65)91-80(103)68(23-19-30-88-84(86)107)92-81(104)73(59(2)3)93-71(99)29-33-111-35-37-113-39-41-115-43-45-117-47-49-119-51-53-121-55-56-122-54-52-120-50-48-118-46-44-116-42-40-114-38-36-112-34-31-89-95-87/h16-18,21-22,25-28,59-64,68-70,73-78,101H,15,19-20,23-24,29-58H2,1-14H3,(H,90,102)(H,91,103)(H,92,104)(H,93,99)(H,94,105)(H3,86,88,107)/t62-,63+,64+,68-,69-,70?,73-,74-,75-,76-,77+,78+/m0/s1. The number of likely N-dealkylation sites (N-methyl/N-ethyl adjacent to an activating group) is 2. The number of aliphatic hydroxyl groups is 1. The van der Waals surface area contributed by atoms with Gasteiger partial charge in [0.2, 0.25) is 41.4 Å². The average molecular weight is 1750 g/mol. The summed E-state index contributed by atoms with van der Waals surface area (Å²) >= 11 is 0. The van der Waals surface area contributed by atoms with E-state index >= 15 is 0 Å². The van der Waals surface area contributed by atoms with E-state index < -0.39 is 126 Å². The minimum absolute atomic E-state index is 0.0510. The van der Waals surface area contributed by atoms with Crippen molar-refractivity contribution in [3.05, 3.63) is 76.2 Å². The number of urea groups is 1. The van der Waals surface area contributed by atoms with Crippen LogP contribution in [0.3, 0.4) is 0 Å². The van der Waals surface area contributed by atoms with E-state index in [2.05, 4.69) is 41.9 Å². The van der Waals surface area contributed by atoms with Crippen LogP contribution in [0.2, 0.25) is 0 Å². The summed E-state index contributed by atoms with van der Waals surface area (Å²) in [5.41, 5.74) is 15.0. The number of amides is 10. The normalized spacial score (nSPS) is 15.5. The quantitative estimate of drug-likeness (QED) is 0.0176. The summed E-state index contributed by atoms with van der Waals surface area (Å²) in [5.74, 6) is -5.40. The first kappa shape index (κ1) is 109. The monoisotopic (exact) mass is 1750 g/mol. The molecule has 3 rings (SSSR count). The Kier molecular flexibility index (Phi) is 58.2. The van der Waals surface area contributed by atoms with Crippen LogP contribution in [-0.2, 0) is 111 Å². The van der Waals surface area contributed by atoms with E-state index in [4.69, 9.17) is 82.3 Å². The Labute approximate surface area is 726 Å². The first-order valence-corrected chi connectivity index (χ1v) is 43.0. The molecule has 1 aliphatic heterocycles. The maximum Gasteiger partial charge on any atom is 0.410 e. The number of likely N-dealkylation sites (tertiary alicyclic amines) is 1. The summed E-state index contributed by atoms with van der Waals surface area (Å²) < 4.78 is 83.7. The lowest BCUT2D eigenvalue weighted by Gasteiger charge is -2.41. The van der Waals surface area contributed by atoms with E-state index in [0.29, 0.717) is 188 Å². The molecule has 1 heterocycles. The van der Waals surface area contributed by atoms with E-state index in [9.17, 15) is 48.3 Å². The molecule has 0 radical (unpaired) electrons. The van der Waals surface area contributed by atoms with Crippen LogP contribution in [-0.4, -0.2) is 334 Å². The van der Waals surface area contributed by atoms with Gasteiger partial charge in [-0.2, -0.15) is 0 Å². The number of benzene rings is 2. The molecule has 38 heteroatoms. The fourth-order valence-electron chi connectivity index (χ4n) is 13.5. The van der Waals surface area contributed by atoms with Crippen molar-refractivity contribution in [2.24, 2.45) is 40.4 Å². The Balaban J connectivity index is 1.38. The average Bonchev–Trinajstić information content (AvgIpc) is 1.74. The fraction of sp³-hybridized carbons (Fsp3) is 0.753. The van der Waals surface area contributed by atoms with E-state index in [1.165, 1.54) is 26.2 Å². The summed E-state index contributed by atoms with van der Waals surface area (Å²) in [6.45, 7) is 27.9. The van der Waals surface area contributed by atoms with Crippen LogP contribution in [0.4, 0.5) is 15.3 Å². The van der Waals surface area contributed by atoms with Gasteiger partial charge in [0.15, 0.2) is 0 Å². The molecule has 0 saturated carbocycles. The lowest BCUT2D eigenvalue weighted by Crippen LogP contribution is -2.60. The maximum atomic E-state index is 14.9. The highest BCUT2D eigenvalue weighted by Gasteiger charge is 2.44. The highest BCUT2D eigenvalue weighted by molar-refractivity contribution is 5.98. The molecule has 1 fully saturated rings. The second-order valence-electron chi connectivity index (χ2n) is 30.8. The van der Waals surface area contributed by atoms with Crippen LogP contribution >= 0.6 is 0 Å². The van der Waals surface area contributed by atoms with Gasteiger partial charge in [0, 0.05) is 65.0 Å². The molecule has 1 unspecified atom stereocenters. The smallest absolute Gasteiger partial charge is 0.410 e. The first-order chi connectivity index (χ1) is 59.1. The van der Waals surface area contributed by atoms with Crippen molar-refractivity contribution in [2.45, 2.75) is 181 Å². The number of rotatable bonds is 71. The van der Waals surface area contributed by atoms with E-state index in [1.54, 1.807) is 109 Å². The molecule has 2 aromatic rings. The van der Waals surface area contributed by atoms with Gasteiger partial charge in [-0.05, 0) is 85.1 Å². The largest absolute Gasteiger partial charge is 0.445 e. The number of nitrogens with two attached hydrogens (primary N) is 1. The predicted octanol–water partition coefficient (Wildman–Crippen LogP) is 5.49. The Morgan fingerprint density at radius 2 is 1.07 bits per heavy atom. The minimum atomic E-state index is -1.13. The van der Waals surface area contributed by atoms with Gasteiger partial charge < -0.3 is 124 Å². The highest BCUT2D eigenvalue weighted by atomic mass is 16.6. The minimum Gasteiger partial charge on any atom is -0.445 e. The molecule has 0 aliphatic carbocycles. The molecule has 2 aromatic carbocycles. The molecule has 38 nitrogen and oxygen atoms in total. The molecule has 1 saturated heterocycles. The van der Waals surface area contributed by atoms with Gasteiger partial charge in [-0.1, -0.05) is 116 Å². The van der Waals surface area contributed by atoms with Gasteiger partial charge in [-0.25, -0.2) is 9.59 Å². The number of hydrogen-bond donors (Lipinski definition) is 8. The molecular weight excluding hydrogens is 1600 g/mol. The molecule has 700 valence electrons. The van der Waals surface area contributed by atoms with Gasteiger partial charge in [-0.3, -0.25) is 38.5 Å². The van der Waals surface area contributed by atoms with Crippen LogP contribution in [0.25, 0.3) is 10.4 Å². The Bertz CT molecular complexity index is 3320. The lowest BCUT2D eigenvalue weighted by molar-refractivity contribution is -0.148. The van der Waals surface area contributed by atoms with Crippen LogP contribution in [0.1, 0.15) is 131 Å². The summed E-state index contributed by atoms with van der Waals surface area (Å²) in [7, 11) is 6.08. The molecule has 10 amide bonds. The van der Waals surface area contributed by atoms with E-state index in [0.717, 1.165) is 0 Å². The molecule has 0 bridgehead atoms. The second kappa shape index (κ2) is 65.6. The van der Waals surface area contributed by atoms with Crippen molar-refractivity contribution in [1.29, 1.82) is 0 Å². The Morgan fingerprint density at radius 3 is 1.51 bits per heavy atom. The van der Waals surface area contributed by atoms with Crippen molar-refractivity contribution in [3.63, 3.8) is 0 Å². The molecule has 123 heavy (non-hydrogen) atoms. The zero-order chi connectivity index (χ0) is 90.7.